The fourth-order valence-electron chi connectivity index (χ4n) is 2.76. The quantitative estimate of drug-likeness (QED) is 0.848. The van der Waals surface area contributed by atoms with Crippen molar-refractivity contribution in [1.82, 2.24) is 14.5 Å². The molecule has 0 amide bonds. The van der Waals surface area contributed by atoms with Crippen molar-refractivity contribution >= 4 is 11.3 Å². The van der Waals surface area contributed by atoms with Crippen LogP contribution in [-0.2, 0) is 24.4 Å². The Morgan fingerprint density at radius 1 is 1.45 bits per heavy atom. The SMILES string of the molecule is CCOCc1cnc2n1CCN(Cc1ccsc1)[C@@H]2C. The van der Waals surface area contributed by atoms with E-state index in [9.17, 15) is 0 Å². The van der Waals surface area contributed by atoms with Crippen LogP contribution in [0.5, 0.6) is 0 Å². The summed E-state index contributed by atoms with van der Waals surface area (Å²) in [5, 5.41) is 4.37. The third-order valence-electron chi connectivity index (χ3n) is 3.92. The summed E-state index contributed by atoms with van der Waals surface area (Å²) in [5.74, 6) is 1.17. The first kappa shape index (κ1) is 13.8. The maximum atomic E-state index is 5.52. The van der Waals surface area contributed by atoms with Gasteiger partial charge in [0, 0.05) is 26.2 Å². The largest absolute Gasteiger partial charge is 0.375 e. The van der Waals surface area contributed by atoms with E-state index in [1.54, 1.807) is 11.3 Å². The molecule has 1 aliphatic heterocycles. The van der Waals surface area contributed by atoms with E-state index in [4.69, 9.17) is 4.74 Å². The van der Waals surface area contributed by atoms with Crippen molar-refractivity contribution in [3.05, 3.63) is 40.1 Å². The van der Waals surface area contributed by atoms with Gasteiger partial charge in [0.15, 0.2) is 0 Å². The fraction of sp³-hybridized carbons (Fsp3) is 0.533. The number of imidazole rings is 1. The molecule has 1 atom stereocenters. The van der Waals surface area contributed by atoms with Gasteiger partial charge in [-0.25, -0.2) is 4.98 Å². The molecule has 20 heavy (non-hydrogen) atoms. The maximum Gasteiger partial charge on any atom is 0.126 e. The first-order valence-electron chi connectivity index (χ1n) is 7.16. The Balaban J connectivity index is 1.74. The van der Waals surface area contributed by atoms with Crippen molar-refractivity contribution in [2.45, 2.75) is 39.6 Å². The average molecular weight is 291 g/mol. The van der Waals surface area contributed by atoms with E-state index in [1.165, 1.54) is 17.1 Å². The Labute approximate surface area is 124 Å². The Morgan fingerprint density at radius 2 is 2.35 bits per heavy atom. The Morgan fingerprint density at radius 3 is 3.10 bits per heavy atom. The number of hydrogen-bond donors (Lipinski definition) is 0. The second-order valence-electron chi connectivity index (χ2n) is 5.17. The lowest BCUT2D eigenvalue weighted by molar-refractivity contribution is 0.119. The third-order valence-corrected chi connectivity index (χ3v) is 4.65. The van der Waals surface area contributed by atoms with Gasteiger partial charge >= 0.3 is 0 Å². The summed E-state index contributed by atoms with van der Waals surface area (Å²) < 4.78 is 7.84. The first-order chi connectivity index (χ1) is 9.79. The number of thiophene rings is 1. The van der Waals surface area contributed by atoms with Crippen LogP contribution in [-0.4, -0.2) is 27.6 Å². The summed E-state index contributed by atoms with van der Waals surface area (Å²) in [6.07, 6.45) is 1.97. The van der Waals surface area contributed by atoms with Crippen LogP contribution in [0.15, 0.2) is 23.0 Å². The van der Waals surface area contributed by atoms with Gasteiger partial charge in [-0.15, -0.1) is 0 Å². The zero-order valence-corrected chi connectivity index (χ0v) is 12.9. The molecule has 2 aromatic rings. The van der Waals surface area contributed by atoms with Crippen LogP contribution in [0.1, 0.15) is 37.0 Å². The fourth-order valence-corrected chi connectivity index (χ4v) is 3.42. The Hall–Kier alpha value is -1.17. The van der Waals surface area contributed by atoms with Crippen LogP contribution in [0.25, 0.3) is 0 Å². The third kappa shape index (κ3) is 2.66. The lowest BCUT2D eigenvalue weighted by Gasteiger charge is -2.34. The number of hydrogen-bond acceptors (Lipinski definition) is 4. The van der Waals surface area contributed by atoms with E-state index in [0.717, 1.165) is 26.2 Å². The van der Waals surface area contributed by atoms with Crippen LogP contribution in [0, 0.1) is 0 Å². The lowest BCUT2D eigenvalue weighted by Crippen LogP contribution is -2.37. The molecule has 3 heterocycles. The van der Waals surface area contributed by atoms with E-state index in [1.807, 2.05) is 13.1 Å². The molecule has 0 unspecified atom stereocenters. The topological polar surface area (TPSA) is 30.3 Å². The minimum atomic E-state index is 0.360. The van der Waals surface area contributed by atoms with Gasteiger partial charge in [0.05, 0.1) is 24.5 Å². The molecule has 0 radical (unpaired) electrons. The predicted octanol–water partition coefficient (Wildman–Crippen LogP) is 3.06. The van der Waals surface area contributed by atoms with Crippen LogP contribution < -0.4 is 0 Å². The molecule has 5 heteroatoms. The molecule has 3 rings (SSSR count). The highest BCUT2D eigenvalue weighted by molar-refractivity contribution is 7.07. The van der Waals surface area contributed by atoms with E-state index in [2.05, 4.69) is 38.2 Å². The molecule has 1 aliphatic rings. The van der Waals surface area contributed by atoms with Gasteiger partial charge < -0.3 is 9.30 Å². The van der Waals surface area contributed by atoms with Gasteiger partial charge in [0.2, 0.25) is 0 Å². The summed E-state index contributed by atoms with van der Waals surface area (Å²) in [7, 11) is 0. The number of nitrogens with zero attached hydrogens (tertiary/aromatic N) is 3. The normalized spacial score (nSPS) is 19.2. The number of rotatable bonds is 5. The van der Waals surface area contributed by atoms with Crippen molar-refractivity contribution < 1.29 is 4.74 Å². The monoisotopic (exact) mass is 291 g/mol. The molecule has 2 aromatic heterocycles. The second-order valence-corrected chi connectivity index (χ2v) is 5.95. The van der Waals surface area contributed by atoms with Crippen molar-refractivity contribution in [2.24, 2.45) is 0 Å². The maximum absolute atomic E-state index is 5.52. The van der Waals surface area contributed by atoms with Gasteiger partial charge in [-0.05, 0) is 36.2 Å². The Bertz CT molecular complexity index is 549. The van der Waals surface area contributed by atoms with Crippen LogP contribution in [0.2, 0.25) is 0 Å². The van der Waals surface area contributed by atoms with Crippen LogP contribution in [0.3, 0.4) is 0 Å². The molecule has 108 valence electrons. The molecule has 0 aromatic carbocycles. The standard InChI is InChI=1S/C15H21N3OS/c1-3-19-10-14-8-16-15-12(2)17(5-6-18(14)15)9-13-4-7-20-11-13/h4,7-8,11-12H,3,5-6,9-10H2,1-2H3/t12-/m1/s1. The highest BCUT2D eigenvalue weighted by Gasteiger charge is 2.26. The molecule has 4 nitrogen and oxygen atoms in total. The molecular formula is C15H21N3OS. The zero-order valence-electron chi connectivity index (χ0n) is 12.1. The number of aromatic nitrogens is 2. The predicted molar refractivity (Wildman–Crippen MR) is 80.7 cm³/mol. The van der Waals surface area contributed by atoms with E-state index in [-0.39, 0.29) is 0 Å². The first-order valence-corrected chi connectivity index (χ1v) is 8.11. The van der Waals surface area contributed by atoms with Gasteiger partial charge in [-0.2, -0.15) is 11.3 Å². The molecule has 0 spiro atoms. The minimum absolute atomic E-state index is 0.360. The van der Waals surface area contributed by atoms with E-state index in [0.29, 0.717) is 12.6 Å². The van der Waals surface area contributed by atoms with Crippen LogP contribution in [0.4, 0.5) is 0 Å². The van der Waals surface area contributed by atoms with Crippen LogP contribution >= 0.6 is 11.3 Å². The van der Waals surface area contributed by atoms with Crippen molar-refractivity contribution in [3.63, 3.8) is 0 Å². The average Bonchev–Trinajstić information content (AvgIpc) is 3.09. The smallest absolute Gasteiger partial charge is 0.126 e. The van der Waals surface area contributed by atoms with Gasteiger partial charge in [0.1, 0.15) is 5.82 Å². The zero-order chi connectivity index (χ0) is 13.9. The lowest BCUT2D eigenvalue weighted by atomic mass is 10.2. The molecule has 0 saturated heterocycles. The van der Waals surface area contributed by atoms with Gasteiger partial charge in [-0.3, -0.25) is 4.90 Å². The number of ether oxygens (including phenoxy) is 1. The highest BCUT2D eigenvalue weighted by atomic mass is 32.1. The van der Waals surface area contributed by atoms with Gasteiger partial charge in [-0.1, -0.05) is 0 Å². The van der Waals surface area contributed by atoms with Gasteiger partial charge in [0.25, 0.3) is 0 Å². The van der Waals surface area contributed by atoms with Crippen molar-refractivity contribution in [3.8, 4) is 0 Å². The van der Waals surface area contributed by atoms with E-state index < -0.39 is 0 Å². The van der Waals surface area contributed by atoms with E-state index >= 15 is 0 Å². The molecule has 0 aliphatic carbocycles. The molecule has 0 N–H and O–H groups in total. The highest BCUT2D eigenvalue weighted by Crippen LogP contribution is 2.27. The Kier molecular flexibility index (Phi) is 4.19. The summed E-state index contributed by atoms with van der Waals surface area (Å²) in [6.45, 7) is 8.78. The van der Waals surface area contributed by atoms with Crippen molar-refractivity contribution in [1.29, 1.82) is 0 Å². The number of fused-ring (bicyclic) bond motifs is 1. The summed E-state index contributed by atoms with van der Waals surface area (Å²) in [6, 6.07) is 2.57. The molecule has 0 bridgehead atoms. The van der Waals surface area contributed by atoms with Crippen molar-refractivity contribution in [2.75, 3.05) is 13.2 Å². The second kappa shape index (κ2) is 6.08. The molecule has 0 saturated carbocycles. The molecule has 0 fully saturated rings. The molecular weight excluding hydrogens is 270 g/mol. The summed E-state index contributed by atoms with van der Waals surface area (Å²) in [4.78, 5) is 7.11. The summed E-state index contributed by atoms with van der Waals surface area (Å²) >= 11 is 1.76. The summed E-state index contributed by atoms with van der Waals surface area (Å²) in [5.41, 5.74) is 2.60. The minimum Gasteiger partial charge on any atom is -0.375 e.